The highest BCUT2D eigenvalue weighted by Crippen LogP contribution is 2.33. The van der Waals surface area contributed by atoms with Crippen LogP contribution < -0.4 is 0 Å². The van der Waals surface area contributed by atoms with Gasteiger partial charge >= 0.3 is 0 Å². The number of hydrogen-bond donors (Lipinski definition) is 0. The van der Waals surface area contributed by atoms with Crippen LogP contribution in [0.5, 0.6) is 0 Å². The first kappa shape index (κ1) is 21.0. The fourth-order valence-electron chi connectivity index (χ4n) is 4.22. The normalized spacial score (nSPS) is 19.5. The average Bonchev–Trinajstić information content (AvgIpc) is 2.74. The summed E-state index contributed by atoms with van der Waals surface area (Å²) in [5.74, 6) is 2.18. The molecule has 1 fully saturated rings. The Morgan fingerprint density at radius 3 is 2.32 bits per heavy atom. The molecule has 28 heavy (non-hydrogen) atoms. The van der Waals surface area contributed by atoms with Gasteiger partial charge in [-0.2, -0.15) is 0 Å². The van der Waals surface area contributed by atoms with E-state index in [4.69, 9.17) is 11.6 Å². The van der Waals surface area contributed by atoms with Crippen molar-refractivity contribution in [3.05, 3.63) is 47.7 Å². The zero-order chi connectivity index (χ0) is 19.8. The van der Waals surface area contributed by atoms with Gasteiger partial charge in [0.1, 0.15) is 5.69 Å². The monoisotopic (exact) mass is 398 g/mol. The molecule has 0 spiro atoms. The Bertz CT molecular complexity index is 734. The molecule has 1 saturated carbocycles. The van der Waals surface area contributed by atoms with E-state index in [-0.39, 0.29) is 5.78 Å². The molecule has 0 unspecified atom stereocenters. The molecule has 4 heteroatoms. The second-order valence-electron chi connectivity index (χ2n) is 8.10. The standard InChI is InChI=1S/C24H31ClN2O/c1-2-4-18-10-12-21(13-11-18)22-14-15-23(27-26-22)24(28)17-20-8-6-19(7-9-20)5-3-16-25/h10-15,19-20H,2-9,16-17H2,1H3. The molecule has 150 valence electrons. The van der Waals surface area contributed by atoms with E-state index in [9.17, 15) is 4.79 Å². The van der Waals surface area contributed by atoms with Crippen molar-refractivity contribution in [2.24, 2.45) is 11.8 Å². The number of ketones is 1. The Kier molecular flexibility index (Phi) is 8.02. The molecule has 0 saturated heterocycles. The highest BCUT2D eigenvalue weighted by atomic mass is 35.5. The zero-order valence-electron chi connectivity index (χ0n) is 16.9. The van der Waals surface area contributed by atoms with Gasteiger partial charge < -0.3 is 0 Å². The third-order valence-corrected chi connectivity index (χ3v) is 6.19. The van der Waals surface area contributed by atoms with E-state index in [1.54, 1.807) is 0 Å². The molecule has 1 aliphatic rings. The fraction of sp³-hybridized carbons (Fsp3) is 0.542. The van der Waals surface area contributed by atoms with E-state index in [0.717, 1.165) is 55.2 Å². The Labute approximate surface area is 173 Å². The number of alkyl halides is 1. The lowest BCUT2D eigenvalue weighted by Gasteiger charge is -2.27. The van der Waals surface area contributed by atoms with E-state index in [1.165, 1.54) is 24.8 Å². The summed E-state index contributed by atoms with van der Waals surface area (Å²) in [6, 6.07) is 12.2. The predicted molar refractivity (Wildman–Crippen MR) is 116 cm³/mol. The Balaban J connectivity index is 1.52. The molecule has 0 radical (unpaired) electrons. The number of hydrogen-bond acceptors (Lipinski definition) is 3. The minimum atomic E-state index is 0.126. The Hall–Kier alpha value is -1.74. The molecular formula is C24H31ClN2O. The first-order chi connectivity index (χ1) is 13.7. The molecule has 0 bridgehead atoms. The summed E-state index contributed by atoms with van der Waals surface area (Å²) in [5.41, 5.74) is 3.69. The van der Waals surface area contributed by atoms with Crippen LogP contribution in [0.4, 0.5) is 0 Å². The van der Waals surface area contributed by atoms with Crippen LogP contribution in [0.25, 0.3) is 11.3 Å². The molecule has 3 nitrogen and oxygen atoms in total. The summed E-state index contributed by atoms with van der Waals surface area (Å²) in [6.45, 7) is 2.18. The summed E-state index contributed by atoms with van der Waals surface area (Å²) < 4.78 is 0. The SMILES string of the molecule is CCCc1ccc(-c2ccc(C(=O)CC3CCC(CCCCl)CC3)nn2)cc1. The van der Waals surface area contributed by atoms with Crippen LogP contribution in [-0.2, 0) is 6.42 Å². The lowest BCUT2D eigenvalue weighted by Crippen LogP contribution is -2.18. The third kappa shape index (κ3) is 5.88. The van der Waals surface area contributed by atoms with Crippen molar-refractivity contribution < 1.29 is 4.79 Å². The van der Waals surface area contributed by atoms with Gasteiger partial charge in [-0.05, 0) is 61.6 Å². The third-order valence-electron chi connectivity index (χ3n) is 5.93. The van der Waals surface area contributed by atoms with Crippen molar-refractivity contribution >= 4 is 17.4 Å². The topological polar surface area (TPSA) is 42.9 Å². The molecule has 1 aliphatic carbocycles. The van der Waals surface area contributed by atoms with Gasteiger partial charge in [0.25, 0.3) is 0 Å². The number of aromatic nitrogens is 2. The minimum Gasteiger partial charge on any atom is -0.292 e. The molecule has 1 heterocycles. The van der Waals surface area contributed by atoms with Gasteiger partial charge in [-0.1, -0.05) is 50.5 Å². The summed E-state index contributed by atoms with van der Waals surface area (Å²) in [5, 5.41) is 8.52. The predicted octanol–water partition coefficient (Wildman–Crippen LogP) is 6.49. The lowest BCUT2D eigenvalue weighted by molar-refractivity contribution is 0.0936. The van der Waals surface area contributed by atoms with E-state index in [0.29, 0.717) is 18.0 Å². The summed E-state index contributed by atoms with van der Waals surface area (Å²) in [6.07, 6.45) is 9.93. The maximum absolute atomic E-state index is 12.6. The maximum Gasteiger partial charge on any atom is 0.183 e. The van der Waals surface area contributed by atoms with Crippen LogP contribution in [0.2, 0.25) is 0 Å². The zero-order valence-corrected chi connectivity index (χ0v) is 17.6. The number of rotatable bonds is 9. The van der Waals surface area contributed by atoms with Crippen LogP contribution in [0, 0.1) is 11.8 Å². The summed E-state index contributed by atoms with van der Waals surface area (Å²) >= 11 is 5.80. The smallest absolute Gasteiger partial charge is 0.183 e. The number of carbonyl (C=O) groups excluding carboxylic acids is 1. The number of aryl methyl sites for hydroxylation is 1. The van der Waals surface area contributed by atoms with Gasteiger partial charge in [0, 0.05) is 17.9 Å². The average molecular weight is 399 g/mol. The van der Waals surface area contributed by atoms with E-state index < -0.39 is 0 Å². The van der Waals surface area contributed by atoms with Crippen LogP contribution in [0.1, 0.15) is 74.3 Å². The highest BCUT2D eigenvalue weighted by molar-refractivity contribution is 6.17. The van der Waals surface area contributed by atoms with Crippen LogP contribution >= 0.6 is 11.6 Å². The van der Waals surface area contributed by atoms with Gasteiger partial charge in [0.2, 0.25) is 0 Å². The molecule has 0 aliphatic heterocycles. The van der Waals surface area contributed by atoms with Crippen LogP contribution in [0.3, 0.4) is 0 Å². The van der Waals surface area contributed by atoms with Gasteiger partial charge in [-0.3, -0.25) is 4.79 Å². The van der Waals surface area contributed by atoms with Crippen molar-refractivity contribution in [3.63, 3.8) is 0 Å². The molecule has 1 aromatic carbocycles. The second kappa shape index (κ2) is 10.7. The molecule has 0 amide bonds. The van der Waals surface area contributed by atoms with Crippen molar-refractivity contribution in [2.45, 2.75) is 64.7 Å². The van der Waals surface area contributed by atoms with Crippen molar-refractivity contribution in [1.29, 1.82) is 0 Å². The van der Waals surface area contributed by atoms with Crippen molar-refractivity contribution in [2.75, 3.05) is 5.88 Å². The quantitative estimate of drug-likeness (QED) is 0.358. The van der Waals surface area contributed by atoms with Gasteiger partial charge in [-0.25, -0.2) is 0 Å². The number of carbonyl (C=O) groups is 1. The van der Waals surface area contributed by atoms with Crippen LogP contribution in [-0.4, -0.2) is 21.9 Å². The molecule has 2 aromatic rings. The molecule has 0 atom stereocenters. The lowest BCUT2D eigenvalue weighted by atomic mass is 9.78. The van der Waals surface area contributed by atoms with E-state index in [2.05, 4.69) is 41.4 Å². The first-order valence-electron chi connectivity index (χ1n) is 10.7. The minimum absolute atomic E-state index is 0.126. The maximum atomic E-state index is 12.6. The summed E-state index contributed by atoms with van der Waals surface area (Å²) in [7, 11) is 0. The van der Waals surface area contributed by atoms with E-state index >= 15 is 0 Å². The number of halogens is 1. The Morgan fingerprint density at radius 2 is 1.71 bits per heavy atom. The Morgan fingerprint density at radius 1 is 1.00 bits per heavy atom. The van der Waals surface area contributed by atoms with Crippen molar-refractivity contribution in [1.82, 2.24) is 10.2 Å². The number of nitrogens with zero attached hydrogens (tertiary/aromatic N) is 2. The molecule has 1 aromatic heterocycles. The highest BCUT2D eigenvalue weighted by Gasteiger charge is 2.23. The van der Waals surface area contributed by atoms with E-state index in [1.807, 2.05) is 12.1 Å². The number of benzene rings is 1. The van der Waals surface area contributed by atoms with Gasteiger partial charge in [0.15, 0.2) is 5.78 Å². The largest absolute Gasteiger partial charge is 0.292 e. The summed E-state index contributed by atoms with van der Waals surface area (Å²) in [4.78, 5) is 12.6. The van der Waals surface area contributed by atoms with Gasteiger partial charge in [-0.15, -0.1) is 21.8 Å². The molecule has 0 N–H and O–H groups in total. The van der Waals surface area contributed by atoms with Crippen LogP contribution in [0.15, 0.2) is 36.4 Å². The molecule has 3 rings (SSSR count). The number of Topliss-reactive ketones (excluding diaryl/α,β-unsaturated/α-hetero) is 1. The molecular weight excluding hydrogens is 368 g/mol. The fourth-order valence-corrected chi connectivity index (χ4v) is 4.38. The second-order valence-corrected chi connectivity index (χ2v) is 8.47. The van der Waals surface area contributed by atoms with Gasteiger partial charge in [0.05, 0.1) is 5.69 Å². The first-order valence-corrected chi connectivity index (χ1v) is 11.2. The van der Waals surface area contributed by atoms with Crippen molar-refractivity contribution in [3.8, 4) is 11.3 Å².